The Balaban J connectivity index is 1.56. The Morgan fingerprint density at radius 2 is 1.74 bits per heavy atom. The maximum Gasteiger partial charge on any atom is 0.242 e. The average molecular weight is 581 g/mol. The second-order valence-corrected chi connectivity index (χ2v) is 12.3. The molecule has 0 saturated carbocycles. The van der Waals surface area contributed by atoms with Crippen LogP contribution in [0.25, 0.3) is 16.9 Å². The average Bonchev–Trinajstić information content (AvgIpc) is 3.34. The van der Waals surface area contributed by atoms with Crippen LogP contribution in [0.4, 0.5) is 5.82 Å². The van der Waals surface area contributed by atoms with Gasteiger partial charge in [-0.05, 0) is 55.5 Å². The minimum atomic E-state index is -0.151. The molecule has 2 aliphatic rings. The molecule has 1 aromatic heterocycles. The molecule has 216 valence electrons. The van der Waals surface area contributed by atoms with Crippen molar-refractivity contribution < 1.29 is 14.3 Å². The Labute approximate surface area is 251 Å². The molecule has 4 aromatic rings. The zero-order chi connectivity index (χ0) is 29.2. The number of carbonyl (C=O) groups excluding carboxylic acids is 2. The maximum atomic E-state index is 14.0. The summed E-state index contributed by atoms with van der Waals surface area (Å²) in [5.74, 6) is 2.13. The summed E-state index contributed by atoms with van der Waals surface area (Å²) in [7, 11) is 1.64. The summed E-state index contributed by atoms with van der Waals surface area (Å²) < 4.78 is 7.26. The molecule has 8 heteroatoms. The number of amides is 2. The number of fused-ring (bicyclic) bond motifs is 1. The van der Waals surface area contributed by atoms with Crippen molar-refractivity contribution >= 4 is 29.4 Å². The standard InChI is InChI=1S/C34H36N4O3S/c1-23-16-18-36(19-17-23)29(39)21-37-30(40)22-42-33(26-11-7-8-24(2)20-26)31-32(25-9-5-4-6-10-25)35-38(34(31)37)27-12-14-28(41-3)15-13-27/h4-15,20,23,33H,16-19,21-22H2,1-3H3/t33-/m0/s1. The van der Waals surface area contributed by atoms with E-state index in [-0.39, 0.29) is 29.4 Å². The number of aryl methyl sites for hydroxylation is 1. The highest BCUT2D eigenvalue weighted by molar-refractivity contribution is 8.00. The molecular formula is C34H36N4O3S. The molecule has 3 heterocycles. The van der Waals surface area contributed by atoms with Crippen LogP contribution in [0.5, 0.6) is 5.75 Å². The van der Waals surface area contributed by atoms with E-state index >= 15 is 0 Å². The molecule has 6 rings (SSSR count). The highest BCUT2D eigenvalue weighted by Gasteiger charge is 2.38. The van der Waals surface area contributed by atoms with E-state index in [1.165, 1.54) is 0 Å². The van der Waals surface area contributed by atoms with E-state index in [0.29, 0.717) is 11.7 Å². The van der Waals surface area contributed by atoms with Gasteiger partial charge in [0.25, 0.3) is 0 Å². The second kappa shape index (κ2) is 12.1. The van der Waals surface area contributed by atoms with Crippen molar-refractivity contribution in [3.8, 4) is 22.7 Å². The number of hydrogen-bond donors (Lipinski definition) is 0. The monoisotopic (exact) mass is 580 g/mol. The van der Waals surface area contributed by atoms with E-state index in [4.69, 9.17) is 9.84 Å². The van der Waals surface area contributed by atoms with Crippen LogP contribution < -0.4 is 9.64 Å². The van der Waals surface area contributed by atoms with Gasteiger partial charge in [0.2, 0.25) is 11.8 Å². The number of nitrogens with zero attached hydrogens (tertiary/aromatic N) is 4. The summed E-state index contributed by atoms with van der Waals surface area (Å²) in [6, 6.07) is 26.2. The lowest BCUT2D eigenvalue weighted by Gasteiger charge is -2.32. The lowest BCUT2D eigenvalue weighted by atomic mass is 9.98. The van der Waals surface area contributed by atoms with E-state index in [1.807, 2.05) is 52.0 Å². The van der Waals surface area contributed by atoms with Crippen molar-refractivity contribution in [3.05, 3.63) is 95.6 Å². The van der Waals surface area contributed by atoms with Crippen LogP contribution in [0.3, 0.4) is 0 Å². The number of hydrogen-bond acceptors (Lipinski definition) is 5. The van der Waals surface area contributed by atoms with Crippen LogP contribution in [-0.2, 0) is 9.59 Å². The normalized spacial score (nSPS) is 17.6. The highest BCUT2D eigenvalue weighted by Crippen LogP contribution is 2.48. The first-order valence-corrected chi connectivity index (χ1v) is 15.6. The van der Waals surface area contributed by atoms with Crippen molar-refractivity contribution in [2.75, 3.05) is 37.4 Å². The Kier molecular flexibility index (Phi) is 8.07. The first kappa shape index (κ1) is 28.1. The van der Waals surface area contributed by atoms with Gasteiger partial charge in [-0.15, -0.1) is 11.8 Å². The molecule has 0 radical (unpaired) electrons. The summed E-state index contributed by atoms with van der Waals surface area (Å²) in [6.07, 6.45) is 1.97. The molecule has 0 unspecified atom stereocenters. The quantitative estimate of drug-likeness (QED) is 0.268. The summed E-state index contributed by atoms with van der Waals surface area (Å²) >= 11 is 1.60. The van der Waals surface area contributed by atoms with Crippen molar-refractivity contribution in [1.82, 2.24) is 14.7 Å². The van der Waals surface area contributed by atoms with Crippen LogP contribution in [-0.4, -0.2) is 59.0 Å². The number of benzene rings is 3. The molecule has 0 aliphatic carbocycles. The molecule has 1 fully saturated rings. The molecule has 0 spiro atoms. The van der Waals surface area contributed by atoms with Crippen LogP contribution in [0.1, 0.15) is 41.7 Å². The van der Waals surface area contributed by atoms with Crippen LogP contribution in [0, 0.1) is 12.8 Å². The van der Waals surface area contributed by atoms with Gasteiger partial charge in [0.05, 0.1) is 29.5 Å². The minimum Gasteiger partial charge on any atom is -0.497 e. The van der Waals surface area contributed by atoms with Crippen LogP contribution in [0.2, 0.25) is 0 Å². The third-order valence-electron chi connectivity index (χ3n) is 8.23. The third-order valence-corrected chi connectivity index (χ3v) is 9.48. The number of methoxy groups -OCH3 is 1. The number of ether oxygens (including phenoxy) is 1. The predicted molar refractivity (Wildman–Crippen MR) is 168 cm³/mol. The fourth-order valence-corrected chi connectivity index (χ4v) is 7.01. The zero-order valence-electron chi connectivity index (χ0n) is 24.3. The molecule has 0 bridgehead atoms. The topological polar surface area (TPSA) is 67.7 Å². The van der Waals surface area contributed by atoms with Gasteiger partial charge in [0, 0.05) is 24.2 Å². The van der Waals surface area contributed by atoms with Gasteiger partial charge in [-0.2, -0.15) is 5.10 Å². The summed E-state index contributed by atoms with van der Waals surface area (Å²) in [5.41, 5.74) is 5.77. The lowest BCUT2D eigenvalue weighted by molar-refractivity contribution is -0.132. The Bertz CT molecular complexity index is 1580. The van der Waals surface area contributed by atoms with E-state index in [1.54, 1.807) is 23.8 Å². The Morgan fingerprint density at radius 1 is 1.00 bits per heavy atom. The number of rotatable bonds is 6. The molecule has 2 aliphatic heterocycles. The first-order chi connectivity index (χ1) is 20.4. The van der Waals surface area contributed by atoms with E-state index < -0.39 is 0 Å². The van der Waals surface area contributed by atoms with Gasteiger partial charge in [0.15, 0.2) is 0 Å². The molecule has 0 N–H and O–H groups in total. The smallest absolute Gasteiger partial charge is 0.242 e. The maximum absolute atomic E-state index is 14.0. The molecule has 1 atom stereocenters. The molecule has 7 nitrogen and oxygen atoms in total. The van der Waals surface area contributed by atoms with Gasteiger partial charge in [-0.1, -0.05) is 67.1 Å². The third kappa shape index (κ3) is 5.55. The zero-order valence-corrected chi connectivity index (χ0v) is 25.1. The largest absolute Gasteiger partial charge is 0.497 e. The number of likely N-dealkylation sites (tertiary alicyclic amines) is 1. The van der Waals surface area contributed by atoms with Gasteiger partial charge in [0.1, 0.15) is 18.1 Å². The Morgan fingerprint density at radius 3 is 2.43 bits per heavy atom. The number of piperidine rings is 1. The van der Waals surface area contributed by atoms with Gasteiger partial charge < -0.3 is 9.64 Å². The SMILES string of the molecule is COc1ccc(-n2nc(-c3ccccc3)c3c2N(CC(=O)N2CCC(C)CC2)C(=O)CS[C@H]3c2cccc(C)c2)cc1. The number of thioether (sulfide) groups is 1. The predicted octanol–water partition coefficient (Wildman–Crippen LogP) is 6.28. The van der Waals surface area contributed by atoms with Crippen molar-refractivity contribution in [2.45, 2.75) is 31.9 Å². The molecule has 3 aromatic carbocycles. The van der Waals surface area contributed by atoms with Crippen LogP contribution in [0.15, 0.2) is 78.9 Å². The van der Waals surface area contributed by atoms with E-state index in [0.717, 1.165) is 65.3 Å². The van der Waals surface area contributed by atoms with E-state index in [2.05, 4.69) is 50.2 Å². The fraction of sp³-hybridized carbons (Fsp3) is 0.324. The Hall–Kier alpha value is -4.04. The van der Waals surface area contributed by atoms with Gasteiger partial charge in [-0.25, -0.2) is 4.68 Å². The van der Waals surface area contributed by atoms with Crippen molar-refractivity contribution in [1.29, 1.82) is 0 Å². The summed E-state index contributed by atoms with van der Waals surface area (Å²) in [4.78, 5) is 31.3. The highest BCUT2D eigenvalue weighted by atomic mass is 32.2. The second-order valence-electron chi connectivity index (χ2n) is 11.2. The first-order valence-electron chi connectivity index (χ1n) is 14.5. The number of aromatic nitrogens is 2. The molecular weight excluding hydrogens is 544 g/mol. The molecule has 2 amide bonds. The lowest BCUT2D eigenvalue weighted by Crippen LogP contribution is -2.46. The summed E-state index contributed by atoms with van der Waals surface area (Å²) in [6.45, 7) is 5.75. The van der Waals surface area contributed by atoms with Crippen molar-refractivity contribution in [3.63, 3.8) is 0 Å². The van der Waals surface area contributed by atoms with E-state index in [9.17, 15) is 9.59 Å². The number of carbonyl (C=O) groups is 2. The fourth-order valence-electron chi connectivity index (χ4n) is 5.82. The van der Waals surface area contributed by atoms with Gasteiger partial charge >= 0.3 is 0 Å². The summed E-state index contributed by atoms with van der Waals surface area (Å²) in [5, 5.41) is 5.03. The minimum absolute atomic E-state index is 0.0165. The van der Waals surface area contributed by atoms with Crippen molar-refractivity contribution in [2.24, 2.45) is 5.92 Å². The van der Waals surface area contributed by atoms with Crippen LogP contribution >= 0.6 is 11.8 Å². The molecule has 1 saturated heterocycles. The molecule has 42 heavy (non-hydrogen) atoms. The number of anilines is 1. The van der Waals surface area contributed by atoms with Gasteiger partial charge in [-0.3, -0.25) is 14.5 Å².